The molecule has 0 saturated carbocycles. The third-order valence-electron chi connectivity index (χ3n) is 5.58. The third-order valence-corrected chi connectivity index (χ3v) is 5.58. The van der Waals surface area contributed by atoms with E-state index in [2.05, 4.69) is 31.2 Å². The van der Waals surface area contributed by atoms with Gasteiger partial charge in [-0.15, -0.1) is 15.3 Å². The first kappa shape index (κ1) is 15.7. The molecular weight excluding hydrogens is 326 g/mol. The van der Waals surface area contributed by atoms with Crippen molar-refractivity contribution in [3.8, 4) is 0 Å². The van der Waals surface area contributed by atoms with Crippen LogP contribution in [0.15, 0.2) is 30.7 Å². The Hall–Kier alpha value is -2.54. The molecule has 3 aromatic rings. The van der Waals surface area contributed by atoms with Crippen molar-refractivity contribution >= 4 is 11.5 Å². The molecule has 1 aliphatic heterocycles. The molecule has 5 rings (SSSR count). The normalized spacial score (nSPS) is 18.2. The fourth-order valence-electron chi connectivity index (χ4n) is 4.11. The highest BCUT2D eigenvalue weighted by atomic mass is 15.4. The van der Waals surface area contributed by atoms with Gasteiger partial charge in [-0.3, -0.25) is 9.88 Å². The minimum Gasteiger partial charge on any atom is -0.353 e. The van der Waals surface area contributed by atoms with Crippen LogP contribution in [0.2, 0.25) is 0 Å². The number of fused-ring (bicyclic) bond motifs is 2. The molecule has 134 valence electrons. The van der Waals surface area contributed by atoms with Gasteiger partial charge in [-0.2, -0.15) is 4.52 Å². The van der Waals surface area contributed by atoms with Gasteiger partial charge in [-0.1, -0.05) is 0 Å². The van der Waals surface area contributed by atoms with E-state index >= 15 is 0 Å². The molecule has 1 aliphatic carbocycles. The molecule has 1 fully saturated rings. The van der Waals surface area contributed by atoms with Crippen LogP contribution in [-0.4, -0.2) is 55.9 Å². The van der Waals surface area contributed by atoms with Crippen molar-refractivity contribution in [2.45, 2.75) is 32.2 Å². The number of anilines is 1. The second kappa shape index (κ2) is 6.64. The number of hydrogen-bond acceptors (Lipinski definition) is 6. The van der Waals surface area contributed by atoms with Crippen molar-refractivity contribution in [1.82, 2.24) is 29.7 Å². The summed E-state index contributed by atoms with van der Waals surface area (Å²) < 4.78 is 1.74. The van der Waals surface area contributed by atoms with E-state index in [-0.39, 0.29) is 0 Å². The molecule has 0 amide bonds. The van der Waals surface area contributed by atoms with Gasteiger partial charge in [-0.25, -0.2) is 0 Å². The number of pyridine rings is 1. The van der Waals surface area contributed by atoms with Crippen molar-refractivity contribution < 1.29 is 0 Å². The monoisotopic (exact) mass is 349 g/mol. The lowest BCUT2D eigenvalue weighted by Crippen LogP contribution is -2.46. The van der Waals surface area contributed by atoms with Gasteiger partial charge < -0.3 is 4.90 Å². The van der Waals surface area contributed by atoms with E-state index in [9.17, 15) is 0 Å². The van der Waals surface area contributed by atoms with E-state index in [1.165, 1.54) is 42.5 Å². The zero-order valence-corrected chi connectivity index (χ0v) is 14.9. The van der Waals surface area contributed by atoms with Crippen LogP contribution in [0, 0.1) is 0 Å². The summed E-state index contributed by atoms with van der Waals surface area (Å²) in [7, 11) is 0. The van der Waals surface area contributed by atoms with Gasteiger partial charge >= 0.3 is 0 Å². The maximum absolute atomic E-state index is 4.71. The predicted octanol–water partition coefficient (Wildman–Crippen LogP) is 1.72. The van der Waals surface area contributed by atoms with E-state index in [0.717, 1.165) is 44.2 Å². The smallest absolute Gasteiger partial charge is 0.177 e. The zero-order valence-electron chi connectivity index (χ0n) is 14.9. The Morgan fingerprint density at radius 1 is 0.962 bits per heavy atom. The Morgan fingerprint density at radius 2 is 1.85 bits per heavy atom. The number of piperazine rings is 1. The Kier molecular flexibility index (Phi) is 4.01. The summed E-state index contributed by atoms with van der Waals surface area (Å²) in [5, 5.41) is 12.5. The molecule has 0 N–H and O–H groups in total. The third kappa shape index (κ3) is 2.92. The van der Waals surface area contributed by atoms with E-state index in [1.807, 2.05) is 18.3 Å². The summed E-state index contributed by atoms with van der Waals surface area (Å²) >= 11 is 0. The van der Waals surface area contributed by atoms with Crippen LogP contribution in [0.5, 0.6) is 0 Å². The molecule has 7 nitrogen and oxygen atoms in total. The largest absolute Gasteiger partial charge is 0.353 e. The lowest BCUT2D eigenvalue weighted by atomic mass is 9.91. The van der Waals surface area contributed by atoms with Gasteiger partial charge in [0.25, 0.3) is 0 Å². The van der Waals surface area contributed by atoms with Crippen LogP contribution in [0.3, 0.4) is 0 Å². The van der Waals surface area contributed by atoms with Gasteiger partial charge in [0.2, 0.25) is 0 Å². The molecule has 1 saturated heterocycles. The summed E-state index contributed by atoms with van der Waals surface area (Å²) in [6, 6.07) is 6.22. The SMILES string of the molecule is c1cc2c(c(CN3CCN(c4ccc5nncn5n4)CC3)n1)CCCC2. The standard InChI is InChI=1S/C19H23N7/c1-2-4-16-15(3-1)7-8-20-17(16)13-24-9-11-25(12-10-24)19-6-5-18-22-21-14-26(18)23-19/h5-8,14H,1-4,9-13H2. The topological polar surface area (TPSA) is 62.5 Å². The molecule has 0 aromatic carbocycles. The van der Waals surface area contributed by atoms with E-state index in [4.69, 9.17) is 4.98 Å². The van der Waals surface area contributed by atoms with Crippen LogP contribution >= 0.6 is 0 Å². The molecule has 26 heavy (non-hydrogen) atoms. The van der Waals surface area contributed by atoms with Gasteiger partial charge in [0.15, 0.2) is 5.65 Å². The second-order valence-corrected chi connectivity index (χ2v) is 7.19. The van der Waals surface area contributed by atoms with E-state index in [0.29, 0.717) is 0 Å². The molecular formula is C19H23N7. The van der Waals surface area contributed by atoms with Crippen molar-refractivity contribution in [2.75, 3.05) is 31.1 Å². The second-order valence-electron chi connectivity index (χ2n) is 7.19. The Morgan fingerprint density at radius 3 is 2.77 bits per heavy atom. The average molecular weight is 349 g/mol. The van der Waals surface area contributed by atoms with E-state index < -0.39 is 0 Å². The maximum atomic E-state index is 4.71. The molecule has 0 bridgehead atoms. The van der Waals surface area contributed by atoms with E-state index in [1.54, 1.807) is 10.8 Å². The van der Waals surface area contributed by atoms with Crippen molar-refractivity contribution in [3.63, 3.8) is 0 Å². The molecule has 0 radical (unpaired) electrons. The minimum absolute atomic E-state index is 0.785. The van der Waals surface area contributed by atoms with Gasteiger partial charge in [0, 0.05) is 38.9 Å². The van der Waals surface area contributed by atoms with Gasteiger partial charge in [-0.05, 0) is 55.0 Å². The number of nitrogens with zero attached hydrogens (tertiary/aromatic N) is 7. The maximum Gasteiger partial charge on any atom is 0.177 e. The highest BCUT2D eigenvalue weighted by molar-refractivity contribution is 5.45. The molecule has 4 heterocycles. The molecule has 0 spiro atoms. The summed E-state index contributed by atoms with van der Waals surface area (Å²) in [6.07, 6.45) is 8.68. The first-order chi connectivity index (χ1) is 12.9. The molecule has 3 aromatic heterocycles. The number of hydrogen-bond donors (Lipinski definition) is 0. The summed E-state index contributed by atoms with van der Waals surface area (Å²) in [4.78, 5) is 9.56. The van der Waals surface area contributed by atoms with Crippen LogP contribution in [0.4, 0.5) is 5.82 Å². The Balaban J connectivity index is 1.26. The van der Waals surface area contributed by atoms with Crippen LogP contribution in [0.25, 0.3) is 5.65 Å². The number of aryl methyl sites for hydroxylation is 1. The Bertz CT molecular complexity index is 911. The molecule has 0 unspecified atom stereocenters. The molecule has 0 atom stereocenters. The summed E-state index contributed by atoms with van der Waals surface area (Å²) in [6.45, 7) is 5.00. The van der Waals surface area contributed by atoms with Gasteiger partial charge in [0.1, 0.15) is 12.1 Å². The zero-order chi connectivity index (χ0) is 17.3. The molecule has 2 aliphatic rings. The first-order valence-electron chi connectivity index (χ1n) is 9.47. The van der Waals surface area contributed by atoms with Crippen molar-refractivity contribution in [1.29, 1.82) is 0 Å². The Labute approximate surface area is 152 Å². The van der Waals surface area contributed by atoms with Gasteiger partial charge in [0.05, 0.1) is 5.69 Å². The fraction of sp³-hybridized carbons (Fsp3) is 0.474. The number of aromatic nitrogens is 5. The summed E-state index contributed by atoms with van der Waals surface area (Å²) in [5.74, 6) is 0.993. The molecule has 7 heteroatoms. The summed E-state index contributed by atoms with van der Waals surface area (Å²) in [5.41, 5.74) is 5.11. The lowest BCUT2D eigenvalue weighted by molar-refractivity contribution is 0.245. The average Bonchev–Trinajstić information content (AvgIpc) is 3.17. The highest BCUT2D eigenvalue weighted by Gasteiger charge is 2.21. The fourth-order valence-corrected chi connectivity index (χ4v) is 4.11. The van der Waals surface area contributed by atoms with Crippen LogP contribution in [0.1, 0.15) is 29.7 Å². The van der Waals surface area contributed by atoms with Crippen LogP contribution in [-0.2, 0) is 19.4 Å². The van der Waals surface area contributed by atoms with Crippen LogP contribution < -0.4 is 4.90 Å². The minimum atomic E-state index is 0.785. The first-order valence-corrected chi connectivity index (χ1v) is 9.47. The quantitative estimate of drug-likeness (QED) is 0.717. The van der Waals surface area contributed by atoms with Crippen molar-refractivity contribution in [3.05, 3.63) is 47.5 Å². The number of rotatable bonds is 3. The predicted molar refractivity (Wildman–Crippen MR) is 99.2 cm³/mol. The van der Waals surface area contributed by atoms with Crippen molar-refractivity contribution in [2.24, 2.45) is 0 Å². The lowest BCUT2D eigenvalue weighted by Gasteiger charge is -2.35. The highest BCUT2D eigenvalue weighted by Crippen LogP contribution is 2.24.